The smallest absolute Gasteiger partial charge is 0.0589 e. The maximum Gasteiger partial charge on any atom is 0.0589 e. The molecule has 2 nitrogen and oxygen atoms in total. The van der Waals surface area contributed by atoms with Gasteiger partial charge < -0.3 is 5.73 Å². The summed E-state index contributed by atoms with van der Waals surface area (Å²) in [6, 6.07) is 6.65. The summed E-state index contributed by atoms with van der Waals surface area (Å²) < 4.78 is 5.64. The maximum absolute atomic E-state index is 5.48. The molecule has 0 amide bonds. The van der Waals surface area contributed by atoms with Crippen LogP contribution in [0.3, 0.4) is 0 Å². The van der Waals surface area contributed by atoms with E-state index in [9.17, 15) is 0 Å². The van der Waals surface area contributed by atoms with E-state index in [1.807, 2.05) is 0 Å². The van der Waals surface area contributed by atoms with Crippen LogP contribution in [0.15, 0.2) is 18.2 Å². The third-order valence-electron chi connectivity index (χ3n) is 2.63. The van der Waals surface area contributed by atoms with Crippen LogP contribution < -0.4 is 5.73 Å². The average Bonchev–Trinajstić information content (AvgIpc) is 2.61. The highest BCUT2D eigenvalue weighted by molar-refractivity contribution is 7.13. The van der Waals surface area contributed by atoms with E-state index in [2.05, 4.69) is 29.5 Å². The van der Waals surface area contributed by atoms with Crippen LogP contribution in [0.1, 0.15) is 24.1 Å². The van der Waals surface area contributed by atoms with Crippen molar-refractivity contribution >= 4 is 21.6 Å². The molecule has 2 N–H and O–H groups in total. The van der Waals surface area contributed by atoms with Crippen LogP contribution >= 0.6 is 11.5 Å². The average molecular weight is 220 g/mol. The number of hydrogen-bond donors (Lipinski definition) is 1. The van der Waals surface area contributed by atoms with Crippen molar-refractivity contribution in [1.82, 2.24) is 4.37 Å². The van der Waals surface area contributed by atoms with E-state index in [0.717, 1.165) is 25.1 Å². The molecule has 0 aliphatic rings. The Labute approximate surface area is 94.3 Å². The second kappa shape index (κ2) is 4.73. The number of unbranched alkanes of at least 4 members (excludes halogenated alkanes) is 1. The lowest BCUT2D eigenvalue weighted by Crippen LogP contribution is -1.98. The van der Waals surface area contributed by atoms with Crippen LogP contribution in [0.5, 0.6) is 0 Å². The van der Waals surface area contributed by atoms with Gasteiger partial charge in [-0.1, -0.05) is 6.07 Å². The summed E-state index contributed by atoms with van der Waals surface area (Å²) >= 11 is 1.58. The first kappa shape index (κ1) is 10.6. The highest BCUT2D eigenvalue weighted by atomic mass is 32.1. The van der Waals surface area contributed by atoms with E-state index < -0.39 is 0 Å². The minimum absolute atomic E-state index is 0.793. The van der Waals surface area contributed by atoms with Crippen LogP contribution in [0.4, 0.5) is 0 Å². The Balaban J connectivity index is 2.18. The molecule has 1 heterocycles. The van der Waals surface area contributed by atoms with Crippen LogP contribution in [0.2, 0.25) is 0 Å². The Bertz CT molecular complexity index is 448. The third-order valence-corrected chi connectivity index (χ3v) is 3.55. The van der Waals surface area contributed by atoms with Gasteiger partial charge >= 0.3 is 0 Å². The van der Waals surface area contributed by atoms with Gasteiger partial charge in [-0.15, -0.1) is 0 Å². The second-order valence-electron chi connectivity index (χ2n) is 3.84. The first-order valence-corrected chi connectivity index (χ1v) is 6.13. The van der Waals surface area contributed by atoms with Crippen LogP contribution in [0, 0.1) is 6.92 Å². The van der Waals surface area contributed by atoms with Crippen LogP contribution in [0.25, 0.3) is 10.1 Å². The van der Waals surface area contributed by atoms with E-state index in [1.54, 1.807) is 11.5 Å². The largest absolute Gasteiger partial charge is 0.330 e. The van der Waals surface area contributed by atoms with Gasteiger partial charge in [0.2, 0.25) is 0 Å². The molecule has 0 spiro atoms. The van der Waals surface area contributed by atoms with Gasteiger partial charge in [-0.25, -0.2) is 0 Å². The minimum atomic E-state index is 0.793. The molecule has 15 heavy (non-hydrogen) atoms. The van der Waals surface area contributed by atoms with Gasteiger partial charge in [0.15, 0.2) is 0 Å². The molecule has 3 heteroatoms. The molecule has 0 saturated heterocycles. The van der Waals surface area contributed by atoms with Crippen molar-refractivity contribution in [2.75, 3.05) is 6.54 Å². The Morgan fingerprint density at radius 2 is 2.20 bits per heavy atom. The number of nitrogens with two attached hydrogens (primary N) is 1. The molecule has 2 rings (SSSR count). The fraction of sp³-hybridized carbons (Fsp3) is 0.417. The van der Waals surface area contributed by atoms with Gasteiger partial charge in [0, 0.05) is 5.39 Å². The van der Waals surface area contributed by atoms with Crippen molar-refractivity contribution in [2.24, 2.45) is 5.73 Å². The van der Waals surface area contributed by atoms with E-state index in [0.29, 0.717) is 0 Å². The Hall–Kier alpha value is -0.930. The standard InChI is InChI=1S/C12H16N2S/c1-9-11-8-10(4-2-3-7-13)5-6-12(11)15-14-9/h5-6,8H,2-4,7,13H2,1H3. The summed E-state index contributed by atoms with van der Waals surface area (Å²) in [7, 11) is 0. The first-order valence-electron chi connectivity index (χ1n) is 5.36. The van der Waals surface area contributed by atoms with Crippen molar-refractivity contribution in [3.8, 4) is 0 Å². The molecular formula is C12H16N2S. The van der Waals surface area contributed by atoms with Crippen molar-refractivity contribution in [1.29, 1.82) is 0 Å². The molecule has 1 aromatic carbocycles. The van der Waals surface area contributed by atoms with Crippen LogP contribution in [-0.2, 0) is 6.42 Å². The van der Waals surface area contributed by atoms with E-state index in [-0.39, 0.29) is 0 Å². The van der Waals surface area contributed by atoms with Crippen molar-refractivity contribution in [3.63, 3.8) is 0 Å². The number of fused-ring (bicyclic) bond motifs is 1. The Morgan fingerprint density at radius 1 is 1.33 bits per heavy atom. The topological polar surface area (TPSA) is 38.9 Å². The van der Waals surface area contributed by atoms with Crippen molar-refractivity contribution in [3.05, 3.63) is 29.5 Å². The predicted molar refractivity (Wildman–Crippen MR) is 66.3 cm³/mol. The second-order valence-corrected chi connectivity index (χ2v) is 4.65. The normalized spacial score (nSPS) is 11.1. The molecule has 0 aliphatic heterocycles. The molecule has 0 unspecified atom stereocenters. The molecule has 0 radical (unpaired) electrons. The quantitative estimate of drug-likeness (QED) is 0.805. The molecule has 0 bridgehead atoms. The third kappa shape index (κ3) is 2.36. The zero-order valence-corrected chi connectivity index (χ0v) is 9.81. The van der Waals surface area contributed by atoms with Gasteiger partial charge in [-0.2, -0.15) is 4.37 Å². The maximum atomic E-state index is 5.48. The number of rotatable bonds is 4. The molecular weight excluding hydrogens is 204 g/mol. The molecule has 0 atom stereocenters. The summed E-state index contributed by atoms with van der Waals surface area (Å²) in [5, 5.41) is 1.31. The van der Waals surface area contributed by atoms with E-state index >= 15 is 0 Å². The number of hydrogen-bond acceptors (Lipinski definition) is 3. The summed E-state index contributed by atoms with van der Waals surface area (Å²) in [5.74, 6) is 0. The number of benzene rings is 1. The van der Waals surface area contributed by atoms with E-state index in [1.165, 1.54) is 22.1 Å². The van der Waals surface area contributed by atoms with Crippen LogP contribution in [-0.4, -0.2) is 10.9 Å². The number of nitrogens with zero attached hydrogens (tertiary/aromatic N) is 1. The van der Waals surface area contributed by atoms with Gasteiger partial charge in [0.05, 0.1) is 10.4 Å². The summed E-state index contributed by atoms with van der Waals surface area (Å²) in [6.07, 6.45) is 3.42. The lowest BCUT2D eigenvalue weighted by Gasteiger charge is -2.00. The zero-order valence-electron chi connectivity index (χ0n) is 8.99. The molecule has 1 aromatic heterocycles. The minimum Gasteiger partial charge on any atom is -0.330 e. The van der Waals surface area contributed by atoms with Crippen molar-refractivity contribution in [2.45, 2.75) is 26.2 Å². The fourth-order valence-electron chi connectivity index (χ4n) is 1.74. The SMILES string of the molecule is Cc1nsc2ccc(CCCCN)cc12. The molecule has 2 aromatic rings. The molecule has 0 saturated carbocycles. The molecule has 80 valence electrons. The summed E-state index contributed by atoms with van der Waals surface area (Å²) in [5.41, 5.74) is 8.03. The number of aryl methyl sites for hydroxylation is 2. The Kier molecular flexibility index (Phi) is 3.34. The monoisotopic (exact) mass is 220 g/mol. The number of aromatic nitrogens is 1. The lowest BCUT2D eigenvalue weighted by molar-refractivity contribution is 0.745. The highest BCUT2D eigenvalue weighted by Gasteiger charge is 2.02. The fourth-order valence-corrected chi connectivity index (χ4v) is 2.50. The molecule has 0 fully saturated rings. The van der Waals surface area contributed by atoms with Gasteiger partial charge in [0.1, 0.15) is 0 Å². The lowest BCUT2D eigenvalue weighted by atomic mass is 10.1. The Morgan fingerprint density at radius 3 is 3.00 bits per heavy atom. The van der Waals surface area contributed by atoms with Gasteiger partial charge in [-0.05, 0) is 62.0 Å². The van der Waals surface area contributed by atoms with Gasteiger partial charge in [0.25, 0.3) is 0 Å². The van der Waals surface area contributed by atoms with Crippen molar-refractivity contribution < 1.29 is 0 Å². The predicted octanol–water partition coefficient (Wildman–Crippen LogP) is 2.89. The summed E-state index contributed by atoms with van der Waals surface area (Å²) in [6.45, 7) is 2.86. The first-order chi connectivity index (χ1) is 7.31. The zero-order chi connectivity index (χ0) is 10.7. The van der Waals surface area contributed by atoms with Gasteiger partial charge in [-0.3, -0.25) is 0 Å². The van der Waals surface area contributed by atoms with E-state index in [4.69, 9.17) is 5.73 Å². The molecule has 0 aliphatic carbocycles. The highest BCUT2D eigenvalue weighted by Crippen LogP contribution is 2.23. The summed E-state index contributed by atoms with van der Waals surface area (Å²) in [4.78, 5) is 0.